The van der Waals surface area contributed by atoms with Crippen LogP contribution in [0.25, 0.3) is 0 Å². The number of hydrogen-bond donors (Lipinski definition) is 3. The van der Waals surface area contributed by atoms with Crippen molar-refractivity contribution in [2.45, 2.75) is 25.0 Å². The van der Waals surface area contributed by atoms with Crippen LogP contribution in [0.2, 0.25) is 0 Å². The SMILES string of the molecule is CCNCc1ccc(S(=O)(=O)NCc2cn[nH]c2)nc1. The average Bonchev–Trinajstić information content (AvgIpc) is 2.97. The van der Waals surface area contributed by atoms with E-state index in [-0.39, 0.29) is 11.6 Å². The van der Waals surface area contributed by atoms with Crippen molar-refractivity contribution in [3.8, 4) is 0 Å². The minimum Gasteiger partial charge on any atom is -0.313 e. The summed E-state index contributed by atoms with van der Waals surface area (Å²) in [6.07, 6.45) is 4.76. The van der Waals surface area contributed by atoms with Gasteiger partial charge in [0.2, 0.25) is 0 Å². The predicted molar refractivity (Wildman–Crippen MR) is 74.2 cm³/mol. The molecule has 2 heterocycles. The van der Waals surface area contributed by atoms with Gasteiger partial charge in [-0.15, -0.1) is 0 Å². The predicted octanol–water partition coefficient (Wildman–Crippen LogP) is 0.393. The molecule has 0 aliphatic rings. The summed E-state index contributed by atoms with van der Waals surface area (Å²) >= 11 is 0. The van der Waals surface area contributed by atoms with Gasteiger partial charge in [-0.05, 0) is 18.2 Å². The zero-order chi connectivity index (χ0) is 14.4. The Hall–Kier alpha value is -1.77. The van der Waals surface area contributed by atoms with Crippen LogP contribution in [-0.2, 0) is 23.1 Å². The zero-order valence-corrected chi connectivity index (χ0v) is 11.9. The maximum Gasteiger partial charge on any atom is 0.258 e. The molecule has 0 aromatic carbocycles. The fourth-order valence-corrected chi connectivity index (χ4v) is 2.51. The van der Waals surface area contributed by atoms with E-state index >= 15 is 0 Å². The van der Waals surface area contributed by atoms with E-state index in [1.54, 1.807) is 24.7 Å². The van der Waals surface area contributed by atoms with E-state index in [0.717, 1.165) is 17.7 Å². The lowest BCUT2D eigenvalue weighted by molar-refractivity contribution is 0.577. The maximum atomic E-state index is 12.0. The number of aromatic nitrogens is 3. The topological polar surface area (TPSA) is 99.8 Å². The van der Waals surface area contributed by atoms with Gasteiger partial charge in [-0.25, -0.2) is 18.1 Å². The zero-order valence-electron chi connectivity index (χ0n) is 11.1. The van der Waals surface area contributed by atoms with Crippen molar-refractivity contribution in [2.24, 2.45) is 0 Å². The molecule has 0 aliphatic carbocycles. The van der Waals surface area contributed by atoms with E-state index in [1.807, 2.05) is 6.92 Å². The van der Waals surface area contributed by atoms with Gasteiger partial charge in [0, 0.05) is 31.0 Å². The van der Waals surface area contributed by atoms with E-state index in [2.05, 4.69) is 25.2 Å². The van der Waals surface area contributed by atoms with Crippen LogP contribution in [0.5, 0.6) is 0 Å². The van der Waals surface area contributed by atoms with Crippen LogP contribution in [0.1, 0.15) is 18.1 Å². The second-order valence-electron chi connectivity index (χ2n) is 4.22. The van der Waals surface area contributed by atoms with E-state index in [4.69, 9.17) is 0 Å². The van der Waals surface area contributed by atoms with Crippen LogP contribution in [0.15, 0.2) is 35.7 Å². The summed E-state index contributed by atoms with van der Waals surface area (Å²) < 4.78 is 26.5. The fraction of sp³-hybridized carbons (Fsp3) is 0.333. The molecule has 0 saturated carbocycles. The van der Waals surface area contributed by atoms with Crippen LogP contribution in [-0.4, -0.2) is 30.1 Å². The van der Waals surface area contributed by atoms with Gasteiger partial charge in [-0.2, -0.15) is 5.10 Å². The van der Waals surface area contributed by atoms with Gasteiger partial charge in [-0.3, -0.25) is 5.10 Å². The standard InChI is InChI=1S/C12H17N5O2S/c1-2-13-5-10-3-4-12(14-6-10)20(18,19)17-9-11-7-15-16-8-11/h3-4,6-8,13,17H,2,5,9H2,1H3,(H,15,16). The fourth-order valence-electron chi connectivity index (χ4n) is 1.57. The number of nitrogens with zero attached hydrogens (tertiary/aromatic N) is 2. The van der Waals surface area contributed by atoms with Crippen LogP contribution in [0, 0.1) is 0 Å². The van der Waals surface area contributed by atoms with Crippen molar-refractivity contribution in [2.75, 3.05) is 6.54 Å². The molecule has 7 nitrogen and oxygen atoms in total. The van der Waals surface area contributed by atoms with Crippen LogP contribution >= 0.6 is 0 Å². The van der Waals surface area contributed by atoms with E-state index < -0.39 is 10.0 Å². The number of hydrogen-bond acceptors (Lipinski definition) is 5. The Morgan fingerprint density at radius 1 is 1.20 bits per heavy atom. The second-order valence-corrected chi connectivity index (χ2v) is 5.93. The van der Waals surface area contributed by atoms with Crippen LogP contribution in [0.3, 0.4) is 0 Å². The van der Waals surface area contributed by atoms with Gasteiger partial charge in [-0.1, -0.05) is 13.0 Å². The van der Waals surface area contributed by atoms with E-state index in [1.165, 1.54) is 6.07 Å². The third kappa shape index (κ3) is 3.86. The molecule has 108 valence electrons. The van der Waals surface area contributed by atoms with Crippen molar-refractivity contribution in [3.63, 3.8) is 0 Å². The molecule has 2 aromatic rings. The van der Waals surface area contributed by atoms with Crippen molar-refractivity contribution >= 4 is 10.0 Å². The summed E-state index contributed by atoms with van der Waals surface area (Å²) in [6.45, 7) is 3.71. The first-order chi connectivity index (χ1) is 9.62. The molecule has 0 fully saturated rings. The lowest BCUT2D eigenvalue weighted by Crippen LogP contribution is -2.24. The molecule has 2 rings (SSSR count). The molecule has 0 bridgehead atoms. The third-order valence-corrected chi connectivity index (χ3v) is 3.99. The minimum absolute atomic E-state index is 0.0150. The van der Waals surface area contributed by atoms with E-state index in [0.29, 0.717) is 6.54 Å². The highest BCUT2D eigenvalue weighted by Gasteiger charge is 2.15. The first-order valence-electron chi connectivity index (χ1n) is 6.25. The molecule has 0 amide bonds. The van der Waals surface area contributed by atoms with Crippen LogP contribution in [0.4, 0.5) is 0 Å². The molecule has 0 atom stereocenters. The molecule has 0 radical (unpaired) electrons. The number of aromatic amines is 1. The smallest absolute Gasteiger partial charge is 0.258 e. The first-order valence-corrected chi connectivity index (χ1v) is 7.73. The van der Waals surface area contributed by atoms with Gasteiger partial charge >= 0.3 is 0 Å². The Labute approximate surface area is 117 Å². The highest BCUT2D eigenvalue weighted by atomic mass is 32.2. The lowest BCUT2D eigenvalue weighted by atomic mass is 10.3. The van der Waals surface area contributed by atoms with Gasteiger partial charge < -0.3 is 5.32 Å². The maximum absolute atomic E-state index is 12.0. The van der Waals surface area contributed by atoms with E-state index in [9.17, 15) is 8.42 Å². The van der Waals surface area contributed by atoms with Gasteiger partial charge in [0.05, 0.1) is 6.20 Å². The summed E-state index contributed by atoms with van der Waals surface area (Å²) in [6, 6.07) is 3.26. The largest absolute Gasteiger partial charge is 0.313 e. The Kier molecular flexibility index (Phi) is 4.83. The molecule has 8 heteroatoms. The quantitative estimate of drug-likeness (QED) is 0.686. The number of rotatable bonds is 7. The summed E-state index contributed by atoms with van der Waals surface area (Å²) in [5.41, 5.74) is 1.71. The molecule has 3 N–H and O–H groups in total. The Morgan fingerprint density at radius 3 is 2.65 bits per heavy atom. The molecule has 20 heavy (non-hydrogen) atoms. The second kappa shape index (κ2) is 6.60. The van der Waals surface area contributed by atoms with Crippen molar-refractivity contribution in [3.05, 3.63) is 41.9 Å². The first kappa shape index (κ1) is 14.6. The Bertz CT molecular complexity index is 622. The van der Waals surface area contributed by atoms with Crippen LogP contribution < -0.4 is 10.0 Å². The van der Waals surface area contributed by atoms with Gasteiger partial charge in [0.25, 0.3) is 10.0 Å². The highest BCUT2D eigenvalue weighted by molar-refractivity contribution is 7.89. The monoisotopic (exact) mass is 295 g/mol. The minimum atomic E-state index is -3.60. The van der Waals surface area contributed by atoms with Crippen molar-refractivity contribution in [1.29, 1.82) is 0 Å². The molecule has 0 spiro atoms. The molecular formula is C12H17N5O2S. The molecule has 0 aliphatic heterocycles. The summed E-state index contributed by atoms with van der Waals surface area (Å²) in [4.78, 5) is 3.99. The molecule has 0 saturated heterocycles. The lowest BCUT2D eigenvalue weighted by Gasteiger charge is -2.06. The molecule has 2 aromatic heterocycles. The molecule has 0 unspecified atom stereocenters. The highest BCUT2D eigenvalue weighted by Crippen LogP contribution is 2.07. The van der Waals surface area contributed by atoms with Gasteiger partial charge in [0.1, 0.15) is 0 Å². The summed E-state index contributed by atoms with van der Waals surface area (Å²) in [7, 11) is -3.60. The van der Waals surface area contributed by atoms with Gasteiger partial charge in [0.15, 0.2) is 5.03 Å². The number of sulfonamides is 1. The normalized spacial score (nSPS) is 11.7. The number of pyridine rings is 1. The number of H-pyrrole nitrogens is 1. The third-order valence-electron chi connectivity index (χ3n) is 2.67. The summed E-state index contributed by atoms with van der Waals surface area (Å²) in [5.74, 6) is 0. The Balaban J connectivity index is 2.01. The van der Waals surface area contributed by atoms with Crippen molar-refractivity contribution in [1.82, 2.24) is 25.2 Å². The Morgan fingerprint density at radius 2 is 2.05 bits per heavy atom. The average molecular weight is 295 g/mol. The molecular weight excluding hydrogens is 278 g/mol. The van der Waals surface area contributed by atoms with Crippen molar-refractivity contribution < 1.29 is 8.42 Å². The number of nitrogens with one attached hydrogen (secondary N) is 3. The summed E-state index contributed by atoms with van der Waals surface area (Å²) in [5, 5.41) is 9.54.